The normalized spacial score (nSPS) is 25.6. The van der Waals surface area contributed by atoms with Crippen molar-refractivity contribution in [3.8, 4) is 0 Å². The van der Waals surface area contributed by atoms with Gasteiger partial charge in [0.25, 0.3) is 0 Å². The van der Waals surface area contributed by atoms with Crippen LogP contribution in [-0.4, -0.2) is 23.5 Å². The zero-order valence-corrected chi connectivity index (χ0v) is 9.01. The van der Waals surface area contributed by atoms with Crippen LogP contribution in [0.15, 0.2) is 30.3 Å². The third-order valence-electron chi connectivity index (χ3n) is 2.59. The summed E-state index contributed by atoms with van der Waals surface area (Å²) in [5.41, 5.74) is 1.04. The second-order valence-corrected chi connectivity index (χ2v) is 3.88. The molecule has 15 heavy (non-hydrogen) atoms. The molecule has 0 radical (unpaired) electrons. The highest BCUT2D eigenvalue weighted by Crippen LogP contribution is 2.29. The number of amides is 1. The largest absolute Gasteiger partial charge is 0.349 e. The Morgan fingerprint density at radius 2 is 2.07 bits per heavy atom. The number of hydrogen-bond donors (Lipinski definition) is 0. The number of hydrogen-bond acceptors (Lipinski definition) is 2. The van der Waals surface area contributed by atoms with Gasteiger partial charge in [-0.3, -0.25) is 4.79 Å². The van der Waals surface area contributed by atoms with Gasteiger partial charge in [-0.2, -0.15) is 0 Å². The lowest BCUT2D eigenvalue weighted by Crippen LogP contribution is -2.29. The van der Waals surface area contributed by atoms with Gasteiger partial charge in [0, 0.05) is 19.0 Å². The van der Waals surface area contributed by atoms with E-state index in [4.69, 9.17) is 4.74 Å². The Morgan fingerprint density at radius 3 is 2.67 bits per heavy atom. The third-order valence-corrected chi connectivity index (χ3v) is 2.59. The Bertz CT molecular complexity index is 350. The molecule has 1 amide bonds. The molecular formula is C12H15NO2. The minimum absolute atomic E-state index is 0.0632. The number of benzene rings is 1. The molecule has 1 heterocycles. The molecule has 2 atom stereocenters. The van der Waals surface area contributed by atoms with Crippen LogP contribution < -0.4 is 0 Å². The molecule has 0 spiro atoms. The molecule has 1 aromatic rings. The highest BCUT2D eigenvalue weighted by molar-refractivity contribution is 5.74. The maximum Gasteiger partial charge on any atom is 0.221 e. The van der Waals surface area contributed by atoms with E-state index in [1.807, 2.05) is 37.3 Å². The summed E-state index contributed by atoms with van der Waals surface area (Å²) in [6, 6.07) is 9.84. The van der Waals surface area contributed by atoms with E-state index in [9.17, 15) is 4.79 Å². The lowest BCUT2D eigenvalue weighted by molar-refractivity contribution is -0.134. The molecule has 0 unspecified atom stereocenters. The SMILES string of the molecule is CC(=O)N1C[C@@H](C)O[C@@H]1c1ccccc1. The Hall–Kier alpha value is -1.35. The van der Waals surface area contributed by atoms with E-state index in [0.717, 1.165) is 5.56 Å². The van der Waals surface area contributed by atoms with Crippen LogP contribution in [-0.2, 0) is 9.53 Å². The minimum atomic E-state index is -0.210. The fourth-order valence-corrected chi connectivity index (χ4v) is 1.88. The van der Waals surface area contributed by atoms with E-state index in [-0.39, 0.29) is 18.2 Å². The molecule has 0 aliphatic carbocycles. The summed E-state index contributed by atoms with van der Waals surface area (Å²) in [5.74, 6) is 0.0632. The first-order valence-corrected chi connectivity index (χ1v) is 5.16. The first-order chi connectivity index (χ1) is 7.18. The molecular weight excluding hydrogens is 190 g/mol. The molecule has 0 saturated carbocycles. The predicted molar refractivity (Wildman–Crippen MR) is 57.1 cm³/mol. The van der Waals surface area contributed by atoms with Gasteiger partial charge in [0.05, 0.1) is 6.10 Å². The lowest BCUT2D eigenvalue weighted by Gasteiger charge is -2.21. The van der Waals surface area contributed by atoms with Crippen LogP contribution in [0.25, 0.3) is 0 Å². The van der Waals surface area contributed by atoms with Crippen LogP contribution in [0.3, 0.4) is 0 Å². The Morgan fingerprint density at radius 1 is 1.40 bits per heavy atom. The van der Waals surface area contributed by atoms with Crippen molar-refractivity contribution in [1.82, 2.24) is 4.90 Å². The molecule has 1 aliphatic rings. The van der Waals surface area contributed by atoms with Crippen molar-refractivity contribution in [2.24, 2.45) is 0 Å². The molecule has 1 saturated heterocycles. The zero-order chi connectivity index (χ0) is 10.8. The topological polar surface area (TPSA) is 29.5 Å². The Balaban J connectivity index is 2.24. The number of nitrogens with zero attached hydrogens (tertiary/aromatic N) is 1. The molecule has 0 aromatic heterocycles. The Labute approximate surface area is 89.7 Å². The molecule has 80 valence electrons. The van der Waals surface area contributed by atoms with Gasteiger partial charge < -0.3 is 9.64 Å². The van der Waals surface area contributed by atoms with Gasteiger partial charge in [0.2, 0.25) is 5.91 Å². The van der Waals surface area contributed by atoms with Crippen LogP contribution in [0.5, 0.6) is 0 Å². The standard InChI is InChI=1S/C12H15NO2/c1-9-8-13(10(2)14)12(15-9)11-6-4-3-5-7-11/h3-7,9,12H,8H2,1-2H3/t9-,12-/m1/s1. The van der Waals surface area contributed by atoms with Gasteiger partial charge >= 0.3 is 0 Å². The number of carbonyl (C=O) groups is 1. The van der Waals surface area contributed by atoms with Gasteiger partial charge in [-0.05, 0) is 6.92 Å². The van der Waals surface area contributed by atoms with Crippen LogP contribution in [0.2, 0.25) is 0 Å². The first-order valence-electron chi connectivity index (χ1n) is 5.16. The van der Waals surface area contributed by atoms with E-state index >= 15 is 0 Å². The number of ether oxygens (including phenoxy) is 1. The van der Waals surface area contributed by atoms with Crippen molar-refractivity contribution in [3.05, 3.63) is 35.9 Å². The summed E-state index contributed by atoms with van der Waals surface area (Å²) >= 11 is 0. The third kappa shape index (κ3) is 2.02. The average Bonchev–Trinajstić information content (AvgIpc) is 2.62. The fraction of sp³-hybridized carbons (Fsp3) is 0.417. The van der Waals surface area contributed by atoms with Crippen molar-refractivity contribution in [3.63, 3.8) is 0 Å². The zero-order valence-electron chi connectivity index (χ0n) is 9.01. The quantitative estimate of drug-likeness (QED) is 0.701. The molecule has 1 fully saturated rings. The fourth-order valence-electron chi connectivity index (χ4n) is 1.88. The van der Waals surface area contributed by atoms with Gasteiger partial charge in [-0.25, -0.2) is 0 Å². The first kappa shape index (κ1) is 10.2. The van der Waals surface area contributed by atoms with Gasteiger partial charge in [0.1, 0.15) is 0 Å². The van der Waals surface area contributed by atoms with Gasteiger partial charge in [-0.1, -0.05) is 30.3 Å². The van der Waals surface area contributed by atoms with Crippen molar-refractivity contribution in [1.29, 1.82) is 0 Å². The van der Waals surface area contributed by atoms with Crippen LogP contribution in [0.1, 0.15) is 25.6 Å². The summed E-state index contributed by atoms with van der Waals surface area (Å²) in [5, 5.41) is 0. The van der Waals surface area contributed by atoms with Crippen molar-refractivity contribution < 1.29 is 9.53 Å². The second-order valence-electron chi connectivity index (χ2n) is 3.88. The smallest absolute Gasteiger partial charge is 0.221 e. The van der Waals surface area contributed by atoms with E-state index in [1.54, 1.807) is 11.8 Å². The number of rotatable bonds is 1. The Kier molecular flexibility index (Phi) is 2.73. The van der Waals surface area contributed by atoms with Crippen molar-refractivity contribution in [2.45, 2.75) is 26.2 Å². The number of carbonyl (C=O) groups excluding carboxylic acids is 1. The molecule has 3 nitrogen and oxygen atoms in total. The molecule has 0 N–H and O–H groups in total. The monoisotopic (exact) mass is 205 g/mol. The maximum atomic E-state index is 11.4. The maximum absolute atomic E-state index is 11.4. The summed E-state index contributed by atoms with van der Waals surface area (Å²) in [7, 11) is 0. The van der Waals surface area contributed by atoms with Crippen LogP contribution in [0.4, 0.5) is 0 Å². The highest BCUT2D eigenvalue weighted by Gasteiger charge is 2.32. The molecule has 2 rings (SSSR count). The van der Waals surface area contributed by atoms with Gasteiger partial charge in [0.15, 0.2) is 6.23 Å². The summed E-state index contributed by atoms with van der Waals surface area (Å²) in [6.45, 7) is 4.24. The lowest BCUT2D eigenvalue weighted by atomic mass is 10.2. The molecule has 3 heteroatoms. The molecule has 1 aromatic carbocycles. The summed E-state index contributed by atoms with van der Waals surface area (Å²) in [6.07, 6.45) is -0.0993. The average molecular weight is 205 g/mol. The highest BCUT2D eigenvalue weighted by atomic mass is 16.5. The minimum Gasteiger partial charge on any atom is -0.349 e. The summed E-state index contributed by atoms with van der Waals surface area (Å²) in [4.78, 5) is 13.2. The summed E-state index contributed by atoms with van der Waals surface area (Å²) < 4.78 is 5.73. The van der Waals surface area contributed by atoms with Gasteiger partial charge in [-0.15, -0.1) is 0 Å². The molecule has 1 aliphatic heterocycles. The van der Waals surface area contributed by atoms with E-state index in [1.165, 1.54) is 0 Å². The second kappa shape index (κ2) is 4.03. The predicted octanol–water partition coefficient (Wildman–Crippen LogP) is 1.95. The van der Waals surface area contributed by atoms with Crippen LogP contribution in [0, 0.1) is 0 Å². The molecule has 0 bridgehead atoms. The van der Waals surface area contributed by atoms with Crippen molar-refractivity contribution >= 4 is 5.91 Å². The van der Waals surface area contributed by atoms with E-state index in [0.29, 0.717) is 6.54 Å². The van der Waals surface area contributed by atoms with Crippen molar-refractivity contribution in [2.75, 3.05) is 6.54 Å². The van der Waals surface area contributed by atoms with E-state index < -0.39 is 0 Å². The van der Waals surface area contributed by atoms with E-state index in [2.05, 4.69) is 0 Å². The van der Waals surface area contributed by atoms with Crippen LogP contribution >= 0.6 is 0 Å².